The summed E-state index contributed by atoms with van der Waals surface area (Å²) < 4.78 is 31.7. The summed E-state index contributed by atoms with van der Waals surface area (Å²) in [6.45, 7) is 1.66. The van der Waals surface area contributed by atoms with Gasteiger partial charge >= 0.3 is 0 Å². The van der Waals surface area contributed by atoms with E-state index in [1.54, 1.807) is 0 Å². The molecule has 0 spiro atoms. The fourth-order valence-corrected chi connectivity index (χ4v) is 3.52. The minimum absolute atomic E-state index is 0.0855. The molecule has 0 amide bonds. The lowest BCUT2D eigenvalue weighted by Crippen LogP contribution is -2.38. The van der Waals surface area contributed by atoms with Gasteiger partial charge in [-0.25, -0.2) is 9.97 Å². The van der Waals surface area contributed by atoms with Crippen molar-refractivity contribution in [2.45, 2.75) is 25.2 Å². The zero-order valence-corrected chi connectivity index (χ0v) is 14.2. The SMILES string of the molecule is CSNc1cccc(-c2nc(N3CCC3)nc3c2CCC3(F)F)c1. The Morgan fingerprint density at radius 2 is 2.08 bits per heavy atom. The first-order chi connectivity index (χ1) is 11.6. The summed E-state index contributed by atoms with van der Waals surface area (Å²) in [6, 6.07) is 7.74. The van der Waals surface area contributed by atoms with Gasteiger partial charge in [0.25, 0.3) is 5.92 Å². The van der Waals surface area contributed by atoms with Gasteiger partial charge in [-0.15, -0.1) is 0 Å². The van der Waals surface area contributed by atoms with Crippen LogP contribution in [-0.4, -0.2) is 29.3 Å². The summed E-state index contributed by atoms with van der Waals surface area (Å²) in [7, 11) is 0. The van der Waals surface area contributed by atoms with Crippen molar-refractivity contribution in [3.8, 4) is 11.3 Å². The van der Waals surface area contributed by atoms with E-state index in [2.05, 4.69) is 14.7 Å². The second kappa shape index (κ2) is 5.88. The van der Waals surface area contributed by atoms with Crippen LogP contribution in [0.1, 0.15) is 24.1 Å². The lowest BCUT2D eigenvalue weighted by atomic mass is 10.0. The zero-order chi connectivity index (χ0) is 16.7. The highest BCUT2D eigenvalue weighted by molar-refractivity contribution is 7.99. The van der Waals surface area contributed by atoms with Crippen molar-refractivity contribution in [1.82, 2.24) is 9.97 Å². The average Bonchev–Trinajstić information content (AvgIpc) is 2.81. The Hall–Kier alpha value is -1.89. The Kier molecular flexibility index (Phi) is 3.83. The van der Waals surface area contributed by atoms with Gasteiger partial charge in [0.05, 0.1) is 5.69 Å². The number of fused-ring (bicyclic) bond motifs is 1. The van der Waals surface area contributed by atoms with Gasteiger partial charge in [-0.1, -0.05) is 24.1 Å². The van der Waals surface area contributed by atoms with Crippen molar-refractivity contribution < 1.29 is 8.78 Å². The molecule has 0 radical (unpaired) electrons. The minimum atomic E-state index is -2.86. The fraction of sp³-hybridized carbons (Fsp3) is 0.412. The molecule has 0 saturated carbocycles. The Bertz CT molecular complexity index is 777. The maximum absolute atomic E-state index is 14.3. The molecule has 2 aromatic rings. The molecule has 1 N–H and O–H groups in total. The fourth-order valence-electron chi connectivity index (χ4n) is 3.16. The first kappa shape index (κ1) is 15.6. The number of hydrogen-bond donors (Lipinski definition) is 1. The van der Waals surface area contributed by atoms with Crippen molar-refractivity contribution in [3.63, 3.8) is 0 Å². The normalized spacial score (nSPS) is 18.2. The first-order valence-electron chi connectivity index (χ1n) is 8.02. The van der Waals surface area contributed by atoms with Crippen molar-refractivity contribution >= 4 is 23.6 Å². The molecule has 0 bridgehead atoms. The Morgan fingerprint density at radius 3 is 2.79 bits per heavy atom. The van der Waals surface area contributed by atoms with Crippen molar-refractivity contribution in [1.29, 1.82) is 0 Å². The van der Waals surface area contributed by atoms with Crippen molar-refractivity contribution in [2.24, 2.45) is 0 Å². The molecule has 24 heavy (non-hydrogen) atoms. The number of halogens is 2. The van der Waals surface area contributed by atoms with E-state index in [0.29, 0.717) is 23.6 Å². The molecule has 0 atom stereocenters. The third-order valence-corrected chi connectivity index (χ3v) is 4.97. The van der Waals surface area contributed by atoms with Crippen LogP contribution in [0.3, 0.4) is 0 Å². The summed E-state index contributed by atoms with van der Waals surface area (Å²) in [6.07, 6.45) is 3.13. The van der Waals surface area contributed by atoms with Gasteiger partial charge in [-0.05, 0) is 25.0 Å². The molecule has 1 aliphatic carbocycles. The molecule has 2 heterocycles. The number of anilines is 2. The van der Waals surface area contributed by atoms with E-state index < -0.39 is 5.92 Å². The van der Waals surface area contributed by atoms with E-state index in [0.717, 1.165) is 30.8 Å². The average molecular weight is 348 g/mol. The highest BCUT2D eigenvalue weighted by atomic mass is 32.2. The maximum atomic E-state index is 14.3. The topological polar surface area (TPSA) is 41.1 Å². The first-order valence-corrected chi connectivity index (χ1v) is 9.24. The summed E-state index contributed by atoms with van der Waals surface area (Å²) in [4.78, 5) is 10.8. The number of hydrogen-bond acceptors (Lipinski definition) is 5. The molecule has 2 aliphatic rings. The molecule has 0 unspecified atom stereocenters. The Morgan fingerprint density at radius 1 is 1.25 bits per heavy atom. The molecule has 4 rings (SSSR count). The van der Waals surface area contributed by atoms with Gasteiger partial charge in [-0.3, -0.25) is 0 Å². The summed E-state index contributed by atoms with van der Waals surface area (Å²) >= 11 is 1.49. The lowest BCUT2D eigenvalue weighted by Gasteiger charge is -2.31. The minimum Gasteiger partial charge on any atom is -0.341 e. The predicted molar refractivity (Wildman–Crippen MR) is 93.7 cm³/mol. The number of benzene rings is 1. The van der Waals surface area contributed by atoms with Crippen LogP contribution in [0.15, 0.2) is 24.3 Å². The number of nitrogens with zero attached hydrogens (tertiary/aromatic N) is 3. The summed E-state index contributed by atoms with van der Waals surface area (Å²) in [5.41, 5.74) is 2.93. The van der Waals surface area contributed by atoms with E-state index in [-0.39, 0.29) is 12.1 Å². The number of rotatable bonds is 4. The smallest absolute Gasteiger partial charge is 0.290 e. The Balaban J connectivity index is 1.85. The standard InChI is InChI=1S/C17H18F2N4S/c1-24-22-12-5-2-4-11(10-12)14-13-6-7-17(18,19)15(13)21-16(20-14)23-8-3-9-23/h2,4-5,10,22H,3,6-9H2,1H3. The third-order valence-electron chi connectivity index (χ3n) is 4.53. The Labute approximate surface area is 143 Å². The molecule has 7 heteroatoms. The van der Waals surface area contributed by atoms with Crippen LogP contribution in [0.2, 0.25) is 0 Å². The van der Waals surface area contributed by atoms with E-state index in [9.17, 15) is 8.78 Å². The highest BCUT2D eigenvalue weighted by Crippen LogP contribution is 2.44. The summed E-state index contributed by atoms with van der Waals surface area (Å²) in [5.74, 6) is -2.43. The zero-order valence-electron chi connectivity index (χ0n) is 13.4. The van der Waals surface area contributed by atoms with Gasteiger partial charge in [-0.2, -0.15) is 8.78 Å². The quantitative estimate of drug-likeness (QED) is 0.843. The second-order valence-electron chi connectivity index (χ2n) is 6.13. The van der Waals surface area contributed by atoms with Gasteiger partial charge in [0.1, 0.15) is 5.69 Å². The van der Waals surface area contributed by atoms with Crippen LogP contribution < -0.4 is 9.62 Å². The molecule has 1 aromatic carbocycles. The molecule has 1 aromatic heterocycles. The molecule has 4 nitrogen and oxygen atoms in total. The predicted octanol–water partition coefficient (Wildman–Crippen LogP) is 4.08. The van der Waals surface area contributed by atoms with E-state index in [1.165, 1.54) is 11.9 Å². The molecule has 1 aliphatic heterocycles. The maximum Gasteiger partial charge on any atom is 0.290 e. The molecule has 1 saturated heterocycles. The van der Waals surface area contributed by atoms with Gasteiger partial charge < -0.3 is 9.62 Å². The van der Waals surface area contributed by atoms with Crippen LogP contribution in [0.4, 0.5) is 20.4 Å². The van der Waals surface area contributed by atoms with Crippen LogP contribution in [0.5, 0.6) is 0 Å². The lowest BCUT2D eigenvalue weighted by molar-refractivity contribution is -0.00593. The molecular formula is C17H18F2N4S. The van der Waals surface area contributed by atoms with Crippen LogP contribution in [-0.2, 0) is 12.3 Å². The van der Waals surface area contributed by atoms with E-state index >= 15 is 0 Å². The summed E-state index contributed by atoms with van der Waals surface area (Å²) in [5, 5.41) is 0. The van der Waals surface area contributed by atoms with Gasteiger partial charge in [0, 0.05) is 42.6 Å². The van der Waals surface area contributed by atoms with Crippen molar-refractivity contribution in [2.75, 3.05) is 29.0 Å². The van der Waals surface area contributed by atoms with Gasteiger partial charge in [0.2, 0.25) is 5.95 Å². The second-order valence-corrected chi connectivity index (χ2v) is 6.74. The van der Waals surface area contributed by atoms with Crippen LogP contribution in [0.25, 0.3) is 11.3 Å². The van der Waals surface area contributed by atoms with E-state index in [4.69, 9.17) is 0 Å². The molecule has 126 valence electrons. The number of alkyl halides is 2. The van der Waals surface area contributed by atoms with Crippen LogP contribution >= 0.6 is 11.9 Å². The number of aromatic nitrogens is 2. The largest absolute Gasteiger partial charge is 0.341 e. The highest BCUT2D eigenvalue weighted by Gasteiger charge is 2.43. The van der Waals surface area contributed by atoms with Crippen molar-refractivity contribution in [3.05, 3.63) is 35.5 Å². The third kappa shape index (κ3) is 2.60. The number of nitrogens with one attached hydrogen (secondary N) is 1. The molecule has 1 fully saturated rings. The van der Waals surface area contributed by atoms with Gasteiger partial charge in [0.15, 0.2) is 0 Å². The van der Waals surface area contributed by atoms with Crippen LogP contribution in [0, 0.1) is 0 Å². The monoisotopic (exact) mass is 348 g/mol. The van der Waals surface area contributed by atoms with E-state index in [1.807, 2.05) is 35.4 Å². The molecular weight excluding hydrogens is 330 g/mol.